The van der Waals surface area contributed by atoms with Crippen LogP contribution in [0.15, 0.2) is 54.6 Å². The minimum absolute atomic E-state index is 0.0322. The molecule has 7 rings (SSSR count). The third-order valence-electron chi connectivity index (χ3n) is 8.86. The molecule has 4 atom stereocenters. The number of Topliss-reactive ketones (excluding diaryl/α,β-unsaturated/α-hetero) is 1. The molecule has 3 aromatic carbocycles. The van der Waals surface area contributed by atoms with Crippen LogP contribution in [-0.4, -0.2) is 40.9 Å². The van der Waals surface area contributed by atoms with Crippen molar-refractivity contribution in [2.75, 3.05) is 18.7 Å². The summed E-state index contributed by atoms with van der Waals surface area (Å²) in [5.41, 5.74) is 3.35. The van der Waals surface area contributed by atoms with Crippen LogP contribution in [0.1, 0.15) is 51.4 Å². The average molecular weight is 526 g/mol. The molecular formula is C30H27N3O6. The predicted octanol–water partition coefficient (Wildman–Crippen LogP) is 4.85. The number of hydrogen-bond donors (Lipinski definition) is 1. The minimum atomic E-state index is -1.24. The number of anilines is 1. The van der Waals surface area contributed by atoms with Gasteiger partial charge in [0.15, 0.2) is 17.3 Å². The molecule has 198 valence electrons. The lowest BCUT2D eigenvalue weighted by atomic mass is 9.68. The number of hydrogen-bond acceptors (Lipinski definition) is 7. The standard InChI is InChI=1S/C30H27N3O6/c1-16-11-17(2)27-21(12-16)30(29(35)31-27)26(28(34)19-8-9-23-24(14-19)39-15-38-23)25(22-7-4-10-32(22)30)18-5-3-6-20(13-18)33(36)37/h3,5-6,8-9,11-14,22,25-26H,4,7,10,15H2,1-2H3,(H,31,35)/t22?,25?,26?,30-/m1/s1. The fourth-order valence-corrected chi connectivity index (χ4v) is 7.47. The number of nitrogens with zero attached hydrogens (tertiary/aromatic N) is 2. The highest BCUT2D eigenvalue weighted by molar-refractivity contribution is 6.13. The van der Waals surface area contributed by atoms with Gasteiger partial charge in [0.25, 0.3) is 5.69 Å². The number of aryl methyl sites for hydroxylation is 2. The van der Waals surface area contributed by atoms with Crippen LogP contribution in [0.2, 0.25) is 0 Å². The van der Waals surface area contributed by atoms with Gasteiger partial charge in [-0.15, -0.1) is 0 Å². The number of carbonyl (C=O) groups excluding carboxylic acids is 2. The number of carbonyl (C=O) groups is 2. The van der Waals surface area contributed by atoms with Crippen LogP contribution in [0.4, 0.5) is 11.4 Å². The third kappa shape index (κ3) is 3.22. The molecule has 1 spiro atoms. The molecule has 2 saturated heterocycles. The predicted molar refractivity (Wildman–Crippen MR) is 142 cm³/mol. The normalized spacial score (nSPS) is 26.5. The van der Waals surface area contributed by atoms with Gasteiger partial charge >= 0.3 is 0 Å². The summed E-state index contributed by atoms with van der Waals surface area (Å²) in [5, 5.41) is 14.9. The van der Waals surface area contributed by atoms with Crippen LogP contribution >= 0.6 is 0 Å². The molecule has 0 saturated carbocycles. The van der Waals surface area contributed by atoms with E-state index in [1.807, 2.05) is 32.0 Å². The number of nitro groups is 1. The molecule has 3 unspecified atom stereocenters. The summed E-state index contributed by atoms with van der Waals surface area (Å²) in [5.74, 6) is -0.594. The first-order valence-electron chi connectivity index (χ1n) is 13.2. The Kier molecular flexibility index (Phi) is 5.12. The Hall–Kier alpha value is -4.24. The largest absolute Gasteiger partial charge is 0.454 e. The molecule has 4 aliphatic rings. The molecule has 4 aliphatic heterocycles. The van der Waals surface area contributed by atoms with Gasteiger partial charge in [-0.2, -0.15) is 0 Å². The van der Waals surface area contributed by atoms with Gasteiger partial charge in [-0.3, -0.25) is 24.6 Å². The maximum Gasteiger partial charge on any atom is 0.269 e. The number of nitrogens with one attached hydrogen (secondary N) is 1. The molecule has 1 amide bonds. The second-order valence-electron chi connectivity index (χ2n) is 10.9. The van der Waals surface area contributed by atoms with E-state index in [1.165, 1.54) is 6.07 Å². The highest BCUT2D eigenvalue weighted by Crippen LogP contribution is 2.62. The van der Waals surface area contributed by atoms with E-state index in [-0.39, 0.29) is 30.2 Å². The van der Waals surface area contributed by atoms with Crippen molar-refractivity contribution in [2.45, 2.75) is 44.2 Å². The van der Waals surface area contributed by atoms with E-state index < -0.39 is 22.3 Å². The molecule has 0 aromatic heterocycles. The quantitative estimate of drug-likeness (QED) is 0.295. The van der Waals surface area contributed by atoms with Gasteiger partial charge < -0.3 is 14.8 Å². The Morgan fingerprint density at radius 2 is 1.92 bits per heavy atom. The summed E-state index contributed by atoms with van der Waals surface area (Å²) in [4.78, 5) is 42.5. The molecule has 0 bridgehead atoms. The lowest BCUT2D eigenvalue weighted by Crippen LogP contribution is -2.52. The number of amides is 1. The minimum Gasteiger partial charge on any atom is -0.454 e. The molecule has 0 radical (unpaired) electrons. The highest BCUT2D eigenvalue weighted by atomic mass is 16.7. The first-order valence-corrected chi connectivity index (χ1v) is 13.2. The van der Waals surface area contributed by atoms with E-state index in [0.717, 1.165) is 35.2 Å². The molecular weight excluding hydrogens is 498 g/mol. The Morgan fingerprint density at radius 3 is 2.74 bits per heavy atom. The topological polar surface area (TPSA) is 111 Å². The molecule has 2 fully saturated rings. The number of ether oxygens (including phenoxy) is 2. The van der Waals surface area contributed by atoms with Gasteiger partial charge in [0.1, 0.15) is 5.54 Å². The van der Waals surface area contributed by atoms with Gasteiger partial charge in [0.2, 0.25) is 12.7 Å². The van der Waals surface area contributed by atoms with Gasteiger partial charge in [-0.05, 0) is 62.6 Å². The van der Waals surface area contributed by atoms with Crippen molar-refractivity contribution < 1.29 is 24.0 Å². The summed E-state index contributed by atoms with van der Waals surface area (Å²) in [6.45, 7) is 4.70. The van der Waals surface area contributed by atoms with E-state index >= 15 is 0 Å². The number of ketones is 1. The Bertz CT molecular complexity index is 1580. The molecule has 1 N–H and O–H groups in total. The summed E-state index contributed by atoms with van der Waals surface area (Å²) in [6.07, 6.45) is 1.66. The number of non-ortho nitro benzene ring substituents is 1. The van der Waals surface area contributed by atoms with E-state index in [4.69, 9.17) is 9.47 Å². The average Bonchev–Trinajstić information content (AvgIpc) is 3.68. The van der Waals surface area contributed by atoms with Crippen molar-refractivity contribution in [3.63, 3.8) is 0 Å². The third-order valence-corrected chi connectivity index (χ3v) is 8.86. The molecule has 39 heavy (non-hydrogen) atoms. The Morgan fingerprint density at radius 1 is 1.10 bits per heavy atom. The fraction of sp³-hybridized carbons (Fsp3) is 0.333. The molecule has 9 nitrogen and oxygen atoms in total. The van der Waals surface area contributed by atoms with Gasteiger partial charge in [-0.25, -0.2) is 0 Å². The maximum absolute atomic E-state index is 14.7. The molecule has 0 aliphatic carbocycles. The Labute approximate surface area is 224 Å². The number of nitro benzene ring substituents is 1. The van der Waals surface area contributed by atoms with Crippen LogP contribution in [-0.2, 0) is 10.3 Å². The van der Waals surface area contributed by atoms with Crippen LogP contribution in [0, 0.1) is 29.9 Å². The van der Waals surface area contributed by atoms with E-state index in [9.17, 15) is 19.7 Å². The van der Waals surface area contributed by atoms with Gasteiger partial charge in [0.05, 0.1) is 10.8 Å². The van der Waals surface area contributed by atoms with E-state index in [1.54, 1.807) is 30.3 Å². The summed E-state index contributed by atoms with van der Waals surface area (Å²) >= 11 is 0. The number of rotatable bonds is 4. The zero-order valence-corrected chi connectivity index (χ0v) is 21.6. The SMILES string of the molecule is Cc1cc(C)c2c(c1)[C@]1(C(=O)N2)C(C(=O)c2ccc3c(c2)OCO3)C(c2cccc([N+](=O)[O-])c2)C2CCCN21. The van der Waals surface area contributed by atoms with Crippen LogP contribution in [0.25, 0.3) is 0 Å². The molecule has 4 heterocycles. The fourth-order valence-electron chi connectivity index (χ4n) is 7.47. The van der Waals surface area contributed by atoms with Gasteiger partial charge in [0, 0.05) is 40.9 Å². The van der Waals surface area contributed by atoms with E-state index in [2.05, 4.69) is 10.2 Å². The highest BCUT2D eigenvalue weighted by Gasteiger charge is 2.69. The summed E-state index contributed by atoms with van der Waals surface area (Å²) < 4.78 is 11.0. The number of benzene rings is 3. The van der Waals surface area contributed by atoms with Crippen LogP contribution in [0.3, 0.4) is 0 Å². The zero-order chi connectivity index (χ0) is 27.1. The lowest BCUT2D eigenvalue weighted by Gasteiger charge is -2.37. The summed E-state index contributed by atoms with van der Waals surface area (Å²) in [7, 11) is 0. The lowest BCUT2D eigenvalue weighted by molar-refractivity contribution is -0.384. The van der Waals surface area contributed by atoms with Crippen molar-refractivity contribution in [3.8, 4) is 11.5 Å². The Balaban J connectivity index is 1.49. The smallest absolute Gasteiger partial charge is 0.269 e. The monoisotopic (exact) mass is 525 g/mol. The van der Waals surface area contributed by atoms with Gasteiger partial charge in [-0.1, -0.05) is 29.8 Å². The van der Waals surface area contributed by atoms with Crippen LogP contribution in [0.5, 0.6) is 11.5 Å². The first-order chi connectivity index (χ1) is 18.8. The second kappa shape index (κ2) is 8.38. The van der Waals surface area contributed by atoms with Crippen molar-refractivity contribution in [1.29, 1.82) is 0 Å². The van der Waals surface area contributed by atoms with Crippen molar-refractivity contribution in [1.82, 2.24) is 4.90 Å². The number of fused-ring (bicyclic) bond motifs is 5. The van der Waals surface area contributed by atoms with E-state index in [0.29, 0.717) is 29.2 Å². The van der Waals surface area contributed by atoms with Crippen molar-refractivity contribution >= 4 is 23.1 Å². The molecule has 9 heteroatoms. The van der Waals surface area contributed by atoms with Crippen LogP contribution < -0.4 is 14.8 Å². The first kappa shape index (κ1) is 23.8. The van der Waals surface area contributed by atoms with Crippen molar-refractivity contribution in [3.05, 3.63) is 92.5 Å². The summed E-state index contributed by atoms with van der Waals surface area (Å²) in [6, 6.07) is 15.6. The van der Waals surface area contributed by atoms with Crippen molar-refractivity contribution in [2.24, 2.45) is 5.92 Å². The molecule has 3 aromatic rings. The maximum atomic E-state index is 14.7. The zero-order valence-electron chi connectivity index (χ0n) is 21.6. The second-order valence-corrected chi connectivity index (χ2v) is 10.9.